The predicted molar refractivity (Wildman–Crippen MR) is 76.7 cm³/mol. The van der Waals surface area contributed by atoms with E-state index in [0.717, 1.165) is 44.9 Å². The zero-order valence-electron chi connectivity index (χ0n) is 12.0. The molecule has 0 aliphatic heterocycles. The van der Waals surface area contributed by atoms with Gasteiger partial charge in [-0.2, -0.15) is 0 Å². The molecule has 5 heteroatoms. The maximum Gasteiger partial charge on any atom is 0.135 e. The van der Waals surface area contributed by atoms with Crippen molar-refractivity contribution in [1.29, 1.82) is 0 Å². The van der Waals surface area contributed by atoms with Crippen molar-refractivity contribution in [1.82, 2.24) is 15.3 Å². The summed E-state index contributed by atoms with van der Waals surface area (Å²) in [4.78, 5) is 11.1. The van der Waals surface area contributed by atoms with Crippen molar-refractivity contribution in [2.75, 3.05) is 45.3 Å². The Hall–Kier alpha value is -1.20. The fourth-order valence-corrected chi connectivity index (χ4v) is 2.48. The van der Waals surface area contributed by atoms with Crippen molar-refractivity contribution in [2.24, 2.45) is 0 Å². The maximum absolute atomic E-state index is 5.01. The van der Waals surface area contributed by atoms with Crippen LogP contribution < -0.4 is 10.2 Å². The van der Waals surface area contributed by atoms with Crippen molar-refractivity contribution in [3.63, 3.8) is 0 Å². The standard InChI is InChI=1S/C14H24N4O/c1-18(9-7-15-8-10-19-2)14-12-5-3-4-6-13(12)16-11-17-14/h11,15H,3-10H2,1-2H3. The summed E-state index contributed by atoms with van der Waals surface area (Å²) in [7, 11) is 3.83. The molecule has 0 saturated carbocycles. The third-order valence-electron chi connectivity index (χ3n) is 3.57. The van der Waals surface area contributed by atoms with Gasteiger partial charge in [-0.1, -0.05) is 0 Å². The number of aromatic nitrogens is 2. The molecule has 1 aliphatic rings. The molecule has 1 heterocycles. The number of anilines is 1. The number of ether oxygens (including phenoxy) is 1. The first-order valence-corrected chi connectivity index (χ1v) is 7.06. The van der Waals surface area contributed by atoms with Gasteiger partial charge in [0, 0.05) is 45.0 Å². The number of rotatable bonds is 7. The molecule has 0 fully saturated rings. The van der Waals surface area contributed by atoms with E-state index < -0.39 is 0 Å². The minimum atomic E-state index is 0.757. The van der Waals surface area contributed by atoms with Gasteiger partial charge in [-0.25, -0.2) is 9.97 Å². The van der Waals surface area contributed by atoms with Crippen molar-refractivity contribution in [3.8, 4) is 0 Å². The van der Waals surface area contributed by atoms with Crippen LogP contribution in [0.25, 0.3) is 0 Å². The average Bonchev–Trinajstić information content (AvgIpc) is 2.46. The lowest BCUT2D eigenvalue weighted by atomic mass is 9.96. The fraction of sp³-hybridized carbons (Fsp3) is 0.714. The molecule has 0 spiro atoms. The van der Waals surface area contributed by atoms with Crippen LogP contribution in [0.2, 0.25) is 0 Å². The summed E-state index contributed by atoms with van der Waals surface area (Å²) in [6.07, 6.45) is 6.44. The summed E-state index contributed by atoms with van der Waals surface area (Å²) < 4.78 is 5.01. The smallest absolute Gasteiger partial charge is 0.135 e. The van der Waals surface area contributed by atoms with Gasteiger partial charge in [-0.15, -0.1) is 0 Å². The molecule has 1 N–H and O–H groups in total. The second-order valence-corrected chi connectivity index (χ2v) is 4.99. The van der Waals surface area contributed by atoms with Gasteiger partial charge < -0.3 is 15.0 Å². The SMILES string of the molecule is COCCNCCN(C)c1ncnc2c1CCCC2. The largest absolute Gasteiger partial charge is 0.383 e. The van der Waals surface area contributed by atoms with Gasteiger partial charge in [-0.05, 0) is 25.7 Å². The average molecular weight is 264 g/mol. The number of nitrogens with one attached hydrogen (secondary N) is 1. The minimum Gasteiger partial charge on any atom is -0.383 e. The molecular formula is C14H24N4O. The van der Waals surface area contributed by atoms with E-state index in [9.17, 15) is 0 Å². The van der Waals surface area contributed by atoms with E-state index in [1.807, 2.05) is 0 Å². The molecular weight excluding hydrogens is 240 g/mol. The molecule has 0 atom stereocenters. The van der Waals surface area contributed by atoms with Gasteiger partial charge in [0.1, 0.15) is 12.1 Å². The number of fused-ring (bicyclic) bond motifs is 1. The van der Waals surface area contributed by atoms with Gasteiger partial charge in [0.25, 0.3) is 0 Å². The summed E-state index contributed by atoms with van der Waals surface area (Å²) in [5, 5.41) is 3.36. The highest BCUT2D eigenvalue weighted by Crippen LogP contribution is 2.26. The molecule has 5 nitrogen and oxygen atoms in total. The quantitative estimate of drug-likeness (QED) is 0.745. The number of hydrogen-bond acceptors (Lipinski definition) is 5. The Morgan fingerprint density at radius 3 is 2.95 bits per heavy atom. The lowest BCUT2D eigenvalue weighted by Gasteiger charge is -2.24. The van der Waals surface area contributed by atoms with Crippen molar-refractivity contribution < 1.29 is 4.74 Å². The van der Waals surface area contributed by atoms with Crippen molar-refractivity contribution >= 4 is 5.82 Å². The Labute approximate surface area is 115 Å². The molecule has 0 saturated heterocycles. The van der Waals surface area contributed by atoms with Crippen LogP contribution in [0.3, 0.4) is 0 Å². The number of aryl methyl sites for hydroxylation is 1. The second-order valence-electron chi connectivity index (χ2n) is 4.99. The molecule has 1 aromatic rings. The maximum atomic E-state index is 5.01. The molecule has 1 aliphatic carbocycles. The number of hydrogen-bond donors (Lipinski definition) is 1. The van der Waals surface area contributed by atoms with Crippen molar-refractivity contribution in [2.45, 2.75) is 25.7 Å². The summed E-state index contributed by atoms with van der Waals surface area (Å²) in [6.45, 7) is 3.55. The first kappa shape index (κ1) is 14.2. The third-order valence-corrected chi connectivity index (χ3v) is 3.57. The highest BCUT2D eigenvalue weighted by Gasteiger charge is 2.17. The summed E-state index contributed by atoms with van der Waals surface area (Å²) in [6, 6.07) is 0. The van der Waals surface area contributed by atoms with Gasteiger partial charge in [-0.3, -0.25) is 0 Å². The Balaban J connectivity index is 1.90. The van der Waals surface area contributed by atoms with Gasteiger partial charge in [0.15, 0.2) is 0 Å². The highest BCUT2D eigenvalue weighted by molar-refractivity contribution is 5.48. The summed E-state index contributed by atoms with van der Waals surface area (Å²) in [5.74, 6) is 1.11. The van der Waals surface area contributed by atoms with E-state index in [4.69, 9.17) is 4.74 Å². The lowest BCUT2D eigenvalue weighted by molar-refractivity contribution is 0.200. The molecule has 1 aromatic heterocycles. The second kappa shape index (κ2) is 7.40. The summed E-state index contributed by atoms with van der Waals surface area (Å²) in [5.41, 5.74) is 2.60. The third kappa shape index (κ3) is 3.88. The monoisotopic (exact) mass is 264 g/mol. The lowest BCUT2D eigenvalue weighted by Crippen LogP contribution is -2.32. The van der Waals surface area contributed by atoms with Crippen LogP contribution in [0.4, 0.5) is 5.82 Å². The zero-order chi connectivity index (χ0) is 13.5. The first-order chi connectivity index (χ1) is 9.33. The zero-order valence-corrected chi connectivity index (χ0v) is 12.0. The van der Waals surface area contributed by atoms with Gasteiger partial charge >= 0.3 is 0 Å². The van der Waals surface area contributed by atoms with Crippen LogP contribution in [0.5, 0.6) is 0 Å². The highest BCUT2D eigenvalue weighted by atomic mass is 16.5. The first-order valence-electron chi connectivity index (χ1n) is 7.06. The molecule has 106 valence electrons. The van der Waals surface area contributed by atoms with E-state index >= 15 is 0 Å². The van der Waals surface area contributed by atoms with E-state index in [0.29, 0.717) is 0 Å². The molecule has 0 amide bonds. The van der Waals surface area contributed by atoms with E-state index in [2.05, 4.69) is 27.2 Å². The number of methoxy groups -OCH3 is 1. The molecule has 19 heavy (non-hydrogen) atoms. The topological polar surface area (TPSA) is 50.3 Å². The predicted octanol–water partition coefficient (Wildman–Crippen LogP) is 1.03. The Morgan fingerprint density at radius 2 is 2.11 bits per heavy atom. The molecule has 0 aromatic carbocycles. The van der Waals surface area contributed by atoms with Crippen molar-refractivity contribution in [3.05, 3.63) is 17.6 Å². The van der Waals surface area contributed by atoms with Gasteiger partial charge in [0.2, 0.25) is 0 Å². The van der Waals surface area contributed by atoms with Crippen LogP contribution in [0, 0.1) is 0 Å². The van der Waals surface area contributed by atoms with Crippen LogP contribution in [-0.4, -0.2) is 50.4 Å². The van der Waals surface area contributed by atoms with Crippen LogP contribution in [0.15, 0.2) is 6.33 Å². The van der Waals surface area contributed by atoms with E-state index in [-0.39, 0.29) is 0 Å². The van der Waals surface area contributed by atoms with Gasteiger partial charge in [0.05, 0.1) is 6.61 Å². The van der Waals surface area contributed by atoms with Crippen LogP contribution >= 0.6 is 0 Å². The van der Waals surface area contributed by atoms with E-state index in [1.54, 1.807) is 13.4 Å². The normalized spacial score (nSPS) is 14.2. The number of likely N-dealkylation sites (N-methyl/N-ethyl adjacent to an activating group) is 1. The summed E-state index contributed by atoms with van der Waals surface area (Å²) >= 11 is 0. The molecule has 0 bridgehead atoms. The fourth-order valence-electron chi connectivity index (χ4n) is 2.48. The molecule has 0 unspecified atom stereocenters. The minimum absolute atomic E-state index is 0.757. The Morgan fingerprint density at radius 1 is 1.26 bits per heavy atom. The Bertz CT molecular complexity index is 397. The van der Waals surface area contributed by atoms with Crippen LogP contribution in [0.1, 0.15) is 24.1 Å². The molecule has 0 radical (unpaired) electrons. The van der Waals surface area contributed by atoms with E-state index in [1.165, 1.54) is 24.1 Å². The van der Waals surface area contributed by atoms with Crippen LogP contribution in [-0.2, 0) is 17.6 Å². The molecule has 2 rings (SSSR count). The number of nitrogens with zero attached hydrogens (tertiary/aromatic N) is 3. The Kier molecular flexibility index (Phi) is 5.54.